The molecule has 2 aliphatic rings. The molecule has 0 radical (unpaired) electrons. The van der Waals surface area contributed by atoms with Crippen LogP contribution >= 0.6 is 0 Å². The molecular weight excluding hydrogens is 421 g/mol. The third-order valence-corrected chi connectivity index (χ3v) is 6.61. The van der Waals surface area contributed by atoms with Crippen molar-refractivity contribution in [3.05, 3.63) is 29.3 Å². The normalized spacial score (nSPS) is 22.3. The van der Waals surface area contributed by atoms with Crippen LogP contribution < -0.4 is 10.6 Å². The molecule has 2 N–H and O–H groups in total. The van der Waals surface area contributed by atoms with Crippen LogP contribution in [0, 0.1) is 35.0 Å². The zero-order valence-corrected chi connectivity index (χ0v) is 18.4. The van der Waals surface area contributed by atoms with Crippen LogP contribution in [0.25, 0.3) is 0 Å². The van der Waals surface area contributed by atoms with Gasteiger partial charge in [0.15, 0.2) is 0 Å². The van der Waals surface area contributed by atoms with Crippen LogP contribution in [0.15, 0.2) is 18.2 Å². The van der Waals surface area contributed by atoms with Gasteiger partial charge in [-0.3, -0.25) is 9.59 Å². The molecule has 1 aromatic rings. The van der Waals surface area contributed by atoms with Crippen molar-refractivity contribution in [1.82, 2.24) is 4.90 Å². The first kappa shape index (κ1) is 23.9. The number of anilines is 1. The van der Waals surface area contributed by atoms with E-state index in [1.165, 1.54) is 12.1 Å². The molecule has 9 heteroatoms. The molecule has 174 valence electrons. The number of likely N-dealkylation sites (tertiary alicyclic amines) is 1. The fourth-order valence-corrected chi connectivity index (χ4v) is 4.93. The summed E-state index contributed by atoms with van der Waals surface area (Å²) in [6.45, 7) is 5.91. The van der Waals surface area contributed by atoms with E-state index in [1.54, 1.807) is 11.0 Å². The van der Waals surface area contributed by atoms with E-state index in [2.05, 4.69) is 0 Å². The van der Waals surface area contributed by atoms with Gasteiger partial charge in [-0.15, -0.1) is 0 Å². The maximum absolute atomic E-state index is 13.4. The Kier molecular flexibility index (Phi) is 7.01. The Bertz CT molecular complexity index is 901. The molecule has 2 heterocycles. The van der Waals surface area contributed by atoms with Gasteiger partial charge in [-0.05, 0) is 48.8 Å². The summed E-state index contributed by atoms with van der Waals surface area (Å²) in [6.07, 6.45) is -2.65. The van der Waals surface area contributed by atoms with Crippen LogP contribution in [0.1, 0.15) is 44.2 Å². The summed E-state index contributed by atoms with van der Waals surface area (Å²) in [5, 5.41) is 9.02. The highest BCUT2D eigenvalue weighted by Crippen LogP contribution is 2.40. The zero-order valence-electron chi connectivity index (χ0n) is 18.4. The van der Waals surface area contributed by atoms with Gasteiger partial charge in [-0.2, -0.15) is 18.4 Å². The van der Waals surface area contributed by atoms with Crippen molar-refractivity contribution < 1.29 is 22.8 Å². The van der Waals surface area contributed by atoms with Crippen molar-refractivity contribution >= 4 is 17.5 Å². The number of alkyl halides is 3. The van der Waals surface area contributed by atoms with Gasteiger partial charge in [0.05, 0.1) is 23.1 Å². The molecular formula is C23H29F3N4O2. The quantitative estimate of drug-likeness (QED) is 0.745. The first-order valence-corrected chi connectivity index (χ1v) is 10.9. The number of carbonyl (C=O) groups excluding carboxylic acids is 2. The van der Waals surface area contributed by atoms with Crippen molar-refractivity contribution in [1.29, 1.82) is 5.26 Å². The molecule has 0 aliphatic carbocycles. The van der Waals surface area contributed by atoms with E-state index < -0.39 is 29.1 Å². The lowest BCUT2D eigenvalue weighted by molar-refractivity contribution is -0.137. The molecule has 2 unspecified atom stereocenters. The number of hydrogen-bond donors (Lipinski definition) is 1. The van der Waals surface area contributed by atoms with E-state index in [-0.39, 0.29) is 30.2 Å². The van der Waals surface area contributed by atoms with Gasteiger partial charge in [0.1, 0.15) is 0 Å². The minimum Gasteiger partial charge on any atom is -0.370 e. The van der Waals surface area contributed by atoms with Gasteiger partial charge in [0.25, 0.3) is 0 Å². The number of benzene rings is 1. The van der Waals surface area contributed by atoms with Crippen molar-refractivity contribution in [3.8, 4) is 6.07 Å². The molecule has 3 rings (SSSR count). The summed E-state index contributed by atoms with van der Waals surface area (Å²) in [5.74, 6) is -0.420. The number of hydrogen-bond acceptors (Lipinski definition) is 4. The molecule has 2 saturated heterocycles. The summed E-state index contributed by atoms with van der Waals surface area (Å²) in [5.41, 5.74) is 4.58. The second-order valence-corrected chi connectivity index (χ2v) is 9.23. The van der Waals surface area contributed by atoms with E-state index in [0.717, 1.165) is 18.9 Å². The SMILES string of the molecule is CC(C)CC(=O)N1CCC(C2CN(c3ccc(C#N)c(C(F)(F)F)c3)CC2C(N)=O)CC1. The topological polar surface area (TPSA) is 90.4 Å². The van der Waals surface area contributed by atoms with Gasteiger partial charge >= 0.3 is 6.18 Å². The Morgan fingerprint density at radius 2 is 1.88 bits per heavy atom. The standard InChI is InChI=1S/C23H29F3N4O2/c1-14(2)9-21(31)29-7-5-15(6-8-29)18-12-30(13-19(18)22(28)32)17-4-3-16(11-27)20(10-17)23(24,25)26/h3-4,10,14-15,18-19H,5-9,12-13H2,1-2H3,(H2,28,32). The van der Waals surface area contributed by atoms with Crippen molar-refractivity contribution in [3.63, 3.8) is 0 Å². The Morgan fingerprint density at radius 1 is 1.22 bits per heavy atom. The van der Waals surface area contributed by atoms with E-state index in [0.29, 0.717) is 31.7 Å². The van der Waals surface area contributed by atoms with Gasteiger partial charge in [-0.1, -0.05) is 13.8 Å². The molecule has 6 nitrogen and oxygen atoms in total. The van der Waals surface area contributed by atoms with E-state index in [9.17, 15) is 22.8 Å². The summed E-state index contributed by atoms with van der Waals surface area (Å²) >= 11 is 0. The maximum Gasteiger partial charge on any atom is 0.417 e. The van der Waals surface area contributed by atoms with Gasteiger partial charge in [-0.25, -0.2) is 0 Å². The second kappa shape index (κ2) is 9.39. The highest BCUT2D eigenvalue weighted by Gasteiger charge is 2.43. The summed E-state index contributed by atoms with van der Waals surface area (Å²) in [6, 6.07) is 5.22. The first-order chi connectivity index (χ1) is 15.0. The highest BCUT2D eigenvalue weighted by molar-refractivity contribution is 5.79. The highest BCUT2D eigenvalue weighted by atomic mass is 19.4. The number of nitrogens with zero attached hydrogens (tertiary/aromatic N) is 3. The molecule has 0 bridgehead atoms. The van der Waals surface area contributed by atoms with Crippen LogP contribution in [0.5, 0.6) is 0 Å². The van der Waals surface area contributed by atoms with E-state index in [4.69, 9.17) is 11.0 Å². The monoisotopic (exact) mass is 450 g/mol. The predicted octanol–water partition coefficient (Wildman–Crippen LogP) is 3.40. The fourth-order valence-electron chi connectivity index (χ4n) is 4.93. The summed E-state index contributed by atoms with van der Waals surface area (Å²) in [4.78, 5) is 28.1. The van der Waals surface area contributed by atoms with Crippen LogP contribution in [-0.2, 0) is 15.8 Å². The van der Waals surface area contributed by atoms with Gasteiger partial charge in [0, 0.05) is 38.3 Å². The number of rotatable bonds is 5. The molecule has 2 fully saturated rings. The molecule has 2 aliphatic heterocycles. The van der Waals surface area contributed by atoms with Crippen LogP contribution in [0.4, 0.5) is 18.9 Å². The van der Waals surface area contributed by atoms with Crippen molar-refractivity contribution in [2.24, 2.45) is 29.4 Å². The number of piperidine rings is 1. The fraction of sp³-hybridized carbons (Fsp3) is 0.609. The minimum absolute atomic E-state index is 0.0835. The maximum atomic E-state index is 13.4. The predicted molar refractivity (Wildman–Crippen MR) is 113 cm³/mol. The summed E-state index contributed by atoms with van der Waals surface area (Å²) < 4.78 is 40.1. The third-order valence-electron chi connectivity index (χ3n) is 6.61. The average Bonchev–Trinajstić information content (AvgIpc) is 3.18. The second-order valence-electron chi connectivity index (χ2n) is 9.23. The lowest BCUT2D eigenvalue weighted by Crippen LogP contribution is -2.43. The Hall–Kier alpha value is -2.76. The number of nitriles is 1. The van der Waals surface area contributed by atoms with E-state index >= 15 is 0 Å². The van der Waals surface area contributed by atoms with Gasteiger partial charge in [0.2, 0.25) is 11.8 Å². The zero-order chi connectivity index (χ0) is 23.6. The van der Waals surface area contributed by atoms with Crippen LogP contribution in [-0.4, -0.2) is 42.9 Å². The number of primary amides is 1. The van der Waals surface area contributed by atoms with Crippen LogP contribution in [0.3, 0.4) is 0 Å². The third kappa shape index (κ3) is 5.17. The molecule has 0 saturated carbocycles. The Balaban J connectivity index is 1.75. The number of carbonyl (C=O) groups is 2. The molecule has 1 aromatic carbocycles. The van der Waals surface area contributed by atoms with Crippen LogP contribution in [0.2, 0.25) is 0 Å². The van der Waals surface area contributed by atoms with Crippen molar-refractivity contribution in [2.75, 3.05) is 31.1 Å². The molecule has 2 amide bonds. The van der Waals surface area contributed by atoms with Gasteiger partial charge < -0.3 is 15.5 Å². The smallest absolute Gasteiger partial charge is 0.370 e. The number of halogens is 3. The average molecular weight is 451 g/mol. The summed E-state index contributed by atoms with van der Waals surface area (Å²) in [7, 11) is 0. The molecule has 32 heavy (non-hydrogen) atoms. The van der Waals surface area contributed by atoms with E-state index in [1.807, 2.05) is 18.7 Å². The molecule has 0 aromatic heterocycles. The molecule has 2 atom stereocenters. The number of amides is 2. The minimum atomic E-state index is -4.64. The van der Waals surface area contributed by atoms with Crippen molar-refractivity contribution in [2.45, 2.75) is 39.3 Å². The first-order valence-electron chi connectivity index (χ1n) is 10.9. The lowest BCUT2D eigenvalue weighted by atomic mass is 9.78. The number of nitrogens with two attached hydrogens (primary N) is 1. The lowest BCUT2D eigenvalue weighted by Gasteiger charge is -2.36. The Labute approximate surface area is 186 Å². The Morgan fingerprint density at radius 3 is 2.41 bits per heavy atom. The largest absolute Gasteiger partial charge is 0.417 e. The molecule has 0 spiro atoms.